The quantitative estimate of drug-likeness (QED) is 0.0851. The number of hydrogen-bond donors (Lipinski definition) is 5. The number of rotatable bonds is 0. The summed E-state index contributed by atoms with van der Waals surface area (Å²) in [6.45, 7) is 0. The third kappa shape index (κ3) is 10.9. The van der Waals surface area contributed by atoms with E-state index in [4.69, 9.17) is 15.3 Å². The molecule has 0 bridgehead atoms. The van der Waals surface area contributed by atoms with Crippen LogP contribution in [0.4, 0.5) is 0 Å². The summed E-state index contributed by atoms with van der Waals surface area (Å²) in [5, 5.41) is 13.6. The van der Waals surface area contributed by atoms with Gasteiger partial charge in [0.1, 0.15) is 0 Å². The second kappa shape index (κ2) is 7.17. The number of carbonyl (C=O) groups is 2. The van der Waals surface area contributed by atoms with Crippen molar-refractivity contribution in [1.82, 2.24) is 10.9 Å². The van der Waals surface area contributed by atoms with E-state index in [0.717, 1.165) is 0 Å². The van der Waals surface area contributed by atoms with Gasteiger partial charge in [-0.15, -0.1) is 10.1 Å². The van der Waals surface area contributed by atoms with E-state index in [1.54, 1.807) is 10.9 Å². The van der Waals surface area contributed by atoms with Gasteiger partial charge in [-0.2, -0.15) is 0 Å². The zero-order chi connectivity index (χ0) is 10.1. The summed E-state index contributed by atoms with van der Waals surface area (Å²) in [4.78, 5) is 28.4. The predicted octanol–water partition coefficient (Wildman–Crippen LogP) is -3.38. The zero-order valence-electron chi connectivity index (χ0n) is 5.68. The molecule has 0 heterocycles. The van der Waals surface area contributed by atoms with Crippen molar-refractivity contribution >= 4 is 11.8 Å². The molecule has 70 valence electrons. The summed E-state index contributed by atoms with van der Waals surface area (Å²) in [6, 6.07) is 0. The van der Waals surface area contributed by atoms with Gasteiger partial charge in [0.15, 0.2) is 0 Å². The Morgan fingerprint density at radius 1 is 1.25 bits per heavy atom. The lowest BCUT2D eigenvalue weighted by Crippen LogP contribution is -2.45. The lowest BCUT2D eigenvalue weighted by atomic mass is 10.6. The molecule has 0 rings (SSSR count). The fraction of sp³-hybridized carbons (Fsp3) is 0. The molecule has 10 nitrogen and oxygen atoms in total. The fourth-order valence-corrected chi connectivity index (χ4v) is 0.131. The van der Waals surface area contributed by atoms with Crippen LogP contribution in [0.5, 0.6) is 0 Å². The molecule has 0 unspecified atom stereocenters. The van der Waals surface area contributed by atoms with Crippen LogP contribution in [0.1, 0.15) is 0 Å². The minimum Gasteiger partial charge on any atom is -0.328 e. The molecule has 0 spiro atoms. The first-order valence-corrected chi connectivity index (χ1v) is 2.30. The fourth-order valence-electron chi connectivity index (χ4n) is 0.131. The number of hydrazine groups is 2. The van der Waals surface area contributed by atoms with Crippen LogP contribution >= 0.6 is 0 Å². The molecule has 10 heteroatoms. The normalized spacial score (nSPS) is 7.17. The van der Waals surface area contributed by atoms with E-state index in [1.165, 1.54) is 0 Å². The maximum atomic E-state index is 10.0. The van der Waals surface area contributed by atoms with Gasteiger partial charge in [-0.25, -0.2) is 11.7 Å². The van der Waals surface area contributed by atoms with Crippen molar-refractivity contribution in [2.24, 2.45) is 11.7 Å². The third-order valence-electron chi connectivity index (χ3n) is 0.468. The van der Waals surface area contributed by atoms with Gasteiger partial charge >= 0.3 is 11.8 Å². The highest BCUT2D eigenvalue weighted by Gasteiger charge is 2.06. The van der Waals surface area contributed by atoms with E-state index in [9.17, 15) is 9.59 Å². The van der Waals surface area contributed by atoms with Crippen molar-refractivity contribution in [1.29, 1.82) is 0 Å². The first-order valence-electron chi connectivity index (χ1n) is 2.30. The average molecular weight is 181 g/mol. The van der Waals surface area contributed by atoms with Crippen molar-refractivity contribution in [3.8, 4) is 0 Å². The number of amides is 2. The summed E-state index contributed by atoms with van der Waals surface area (Å²) in [5.74, 6) is 7.13. The third-order valence-corrected chi connectivity index (χ3v) is 0.468. The first-order chi connectivity index (χ1) is 5.45. The molecule has 7 N–H and O–H groups in total. The second-order valence-corrected chi connectivity index (χ2v) is 1.18. The molecule has 0 aliphatic carbocycles. The number of carbonyl (C=O) groups excluding carboxylic acids is 2. The monoisotopic (exact) mass is 181 g/mol. The SMILES string of the molecule is NNC(=O)C(=O)NN.O=[N+]([O-])O. The molecule has 0 radical (unpaired) electrons. The maximum absolute atomic E-state index is 10.0. The van der Waals surface area contributed by atoms with Crippen molar-refractivity contribution in [2.75, 3.05) is 0 Å². The molecular weight excluding hydrogens is 174 g/mol. The molecule has 0 saturated carbocycles. The summed E-state index contributed by atoms with van der Waals surface area (Å²) in [7, 11) is 0. The van der Waals surface area contributed by atoms with E-state index < -0.39 is 16.9 Å². The van der Waals surface area contributed by atoms with E-state index in [-0.39, 0.29) is 0 Å². The minimum absolute atomic E-state index is 0.965. The number of nitrogens with one attached hydrogen (secondary N) is 2. The van der Waals surface area contributed by atoms with Gasteiger partial charge in [0.05, 0.1) is 0 Å². The highest BCUT2D eigenvalue weighted by molar-refractivity contribution is 6.34. The van der Waals surface area contributed by atoms with Crippen molar-refractivity contribution in [3.63, 3.8) is 0 Å². The van der Waals surface area contributed by atoms with Crippen molar-refractivity contribution < 1.29 is 19.9 Å². The Morgan fingerprint density at radius 3 is 1.50 bits per heavy atom. The van der Waals surface area contributed by atoms with Crippen LogP contribution in [0, 0.1) is 10.1 Å². The Balaban J connectivity index is 0. The molecule has 0 aliphatic rings. The van der Waals surface area contributed by atoms with Crippen LogP contribution in [0.25, 0.3) is 0 Å². The molecule has 0 saturated heterocycles. The van der Waals surface area contributed by atoms with Gasteiger partial charge in [0.25, 0.3) is 5.09 Å². The van der Waals surface area contributed by atoms with Crippen LogP contribution in [0.2, 0.25) is 0 Å². The van der Waals surface area contributed by atoms with Crippen molar-refractivity contribution in [2.45, 2.75) is 0 Å². The lowest BCUT2D eigenvalue weighted by molar-refractivity contribution is -0.742. The molecule has 0 aromatic carbocycles. The largest absolute Gasteiger partial charge is 0.328 e. The Labute approximate surface area is 65.6 Å². The van der Waals surface area contributed by atoms with E-state index in [1.807, 2.05) is 0 Å². The van der Waals surface area contributed by atoms with Crippen LogP contribution in [0.3, 0.4) is 0 Å². The van der Waals surface area contributed by atoms with Gasteiger partial charge in [0.2, 0.25) is 0 Å². The molecule has 12 heavy (non-hydrogen) atoms. The zero-order valence-corrected chi connectivity index (χ0v) is 5.68. The van der Waals surface area contributed by atoms with Crippen LogP contribution in [0.15, 0.2) is 0 Å². The van der Waals surface area contributed by atoms with Crippen LogP contribution in [-0.4, -0.2) is 22.1 Å². The second-order valence-electron chi connectivity index (χ2n) is 1.18. The molecule has 0 aromatic heterocycles. The molecule has 2 amide bonds. The smallest absolute Gasteiger partial charge is 0.324 e. The number of nitrogens with two attached hydrogens (primary N) is 2. The maximum Gasteiger partial charge on any atom is 0.324 e. The van der Waals surface area contributed by atoms with Crippen molar-refractivity contribution in [3.05, 3.63) is 10.1 Å². The molecule has 0 fully saturated rings. The standard InChI is InChI=1S/C2H6N4O2.HNO3/c3-5-1(7)2(8)6-4;2-1(3)4/h3-4H2,(H,5,7)(H,6,8);(H,2,3,4). The molecular formula is C2H7N5O5. The molecule has 0 aromatic rings. The molecule has 0 aliphatic heterocycles. The summed E-state index contributed by atoms with van der Waals surface area (Å²) < 4.78 is 0. The highest BCUT2D eigenvalue weighted by atomic mass is 16.9. The predicted molar refractivity (Wildman–Crippen MR) is 33.4 cm³/mol. The minimum atomic E-state index is -1.50. The van der Waals surface area contributed by atoms with Gasteiger partial charge in [0, 0.05) is 0 Å². The lowest BCUT2D eigenvalue weighted by Gasteiger charge is -1.93. The van der Waals surface area contributed by atoms with Gasteiger partial charge in [-0.3, -0.25) is 20.4 Å². The topological polar surface area (TPSA) is 174 Å². The van der Waals surface area contributed by atoms with Crippen LogP contribution < -0.4 is 22.5 Å². The Hall–Kier alpha value is -1.94. The summed E-state index contributed by atoms with van der Waals surface area (Å²) in [6.07, 6.45) is 0. The summed E-state index contributed by atoms with van der Waals surface area (Å²) >= 11 is 0. The number of hydrogen-bond acceptors (Lipinski definition) is 6. The van der Waals surface area contributed by atoms with E-state index >= 15 is 0 Å². The average Bonchev–Trinajstić information content (AvgIpc) is 2.00. The van der Waals surface area contributed by atoms with Gasteiger partial charge < -0.3 is 5.21 Å². The van der Waals surface area contributed by atoms with Gasteiger partial charge in [-0.05, 0) is 0 Å². The van der Waals surface area contributed by atoms with Gasteiger partial charge in [-0.1, -0.05) is 0 Å². The Kier molecular flexibility index (Phi) is 7.60. The Bertz CT molecular complexity index is 161. The summed E-state index contributed by atoms with van der Waals surface area (Å²) in [5.41, 5.74) is 3.17. The Morgan fingerprint density at radius 2 is 1.42 bits per heavy atom. The first kappa shape index (κ1) is 12.7. The number of nitrogens with zero attached hydrogens (tertiary/aromatic N) is 1. The molecule has 0 atom stereocenters. The highest BCUT2D eigenvalue weighted by Crippen LogP contribution is 1.55. The van der Waals surface area contributed by atoms with E-state index in [0.29, 0.717) is 0 Å². The van der Waals surface area contributed by atoms with Crippen LogP contribution in [-0.2, 0) is 9.59 Å². The van der Waals surface area contributed by atoms with E-state index in [2.05, 4.69) is 11.7 Å².